The minimum Gasteiger partial charge on any atom is -0.314 e. The van der Waals surface area contributed by atoms with Crippen LogP contribution in [0.5, 0.6) is 0 Å². The Balaban J connectivity index is 1.84. The first-order chi connectivity index (χ1) is 7.84. The average molecular weight is 236 g/mol. The van der Waals surface area contributed by atoms with Gasteiger partial charge in [0.1, 0.15) is 0 Å². The summed E-state index contributed by atoms with van der Waals surface area (Å²) in [5.41, 5.74) is 1.18. The lowest BCUT2D eigenvalue weighted by atomic mass is 10.0. The second-order valence-corrected chi connectivity index (χ2v) is 4.78. The van der Waals surface area contributed by atoms with Gasteiger partial charge in [-0.25, -0.2) is 0 Å². The van der Waals surface area contributed by atoms with Crippen LogP contribution < -0.4 is 5.32 Å². The maximum atomic E-state index is 5.93. The number of hydrogen-bond acceptors (Lipinski definition) is 1. The van der Waals surface area contributed by atoms with Gasteiger partial charge in [-0.1, -0.05) is 42.3 Å². The van der Waals surface area contributed by atoms with Crippen LogP contribution in [0, 0.1) is 0 Å². The summed E-state index contributed by atoms with van der Waals surface area (Å²) in [6, 6.07) is 8.63. The van der Waals surface area contributed by atoms with E-state index in [-0.39, 0.29) is 0 Å². The van der Waals surface area contributed by atoms with Gasteiger partial charge in [0, 0.05) is 11.1 Å². The summed E-state index contributed by atoms with van der Waals surface area (Å²) in [5, 5.41) is 4.34. The molecule has 1 atom stereocenters. The monoisotopic (exact) mass is 235 g/mol. The molecule has 1 aromatic carbocycles. The van der Waals surface area contributed by atoms with Gasteiger partial charge >= 0.3 is 0 Å². The Bertz CT molecular complexity index is 354. The minimum absolute atomic E-state index is 0.671. The number of halogens is 1. The summed E-state index contributed by atoms with van der Waals surface area (Å²) in [5.74, 6) is 0. The lowest BCUT2D eigenvalue weighted by Gasteiger charge is -2.21. The van der Waals surface area contributed by atoms with E-state index < -0.39 is 0 Å². The second kappa shape index (κ2) is 6.07. The number of benzene rings is 1. The Morgan fingerprint density at radius 1 is 1.38 bits per heavy atom. The van der Waals surface area contributed by atoms with Gasteiger partial charge in [-0.2, -0.15) is 0 Å². The van der Waals surface area contributed by atoms with Gasteiger partial charge in [0.25, 0.3) is 0 Å². The molecule has 2 heteroatoms. The molecule has 0 aliphatic carbocycles. The van der Waals surface area contributed by atoms with Crippen LogP contribution in [0.25, 0.3) is 6.08 Å². The summed E-state index contributed by atoms with van der Waals surface area (Å²) >= 11 is 5.93. The minimum atomic E-state index is 0.671. The molecule has 1 aliphatic heterocycles. The van der Waals surface area contributed by atoms with Crippen molar-refractivity contribution in [1.82, 2.24) is 5.32 Å². The lowest BCUT2D eigenvalue weighted by molar-refractivity contribution is 0.404. The molecule has 16 heavy (non-hydrogen) atoms. The standard InChI is InChI=1S/C14H18ClN/c15-13-7-3-5-12(11-13)6-4-9-14-8-1-2-10-16-14/h3-7,11,14,16H,1-2,8-10H2/b6-4+. The predicted octanol–water partition coefficient (Wildman–Crippen LogP) is 3.89. The molecule has 1 fully saturated rings. The van der Waals surface area contributed by atoms with Gasteiger partial charge in [-0.05, 0) is 43.5 Å². The van der Waals surface area contributed by atoms with Crippen molar-refractivity contribution in [2.45, 2.75) is 31.7 Å². The van der Waals surface area contributed by atoms with E-state index >= 15 is 0 Å². The van der Waals surface area contributed by atoms with E-state index in [4.69, 9.17) is 11.6 Å². The SMILES string of the molecule is Clc1cccc(/C=C/CC2CCCCN2)c1. The summed E-state index contributed by atoms with van der Waals surface area (Å²) in [4.78, 5) is 0. The molecule has 1 saturated heterocycles. The summed E-state index contributed by atoms with van der Waals surface area (Å²) in [6.07, 6.45) is 9.51. The van der Waals surface area contributed by atoms with Crippen LogP contribution in [0.15, 0.2) is 30.3 Å². The number of hydrogen-bond donors (Lipinski definition) is 1. The van der Waals surface area contributed by atoms with Crippen LogP contribution in [0.2, 0.25) is 5.02 Å². The molecule has 1 nitrogen and oxygen atoms in total. The van der Waals surface area contributed by atoms with E-state index in [9.17, 15) is 0 Å². The van der Waals surface area contributed by atoms with Crippen molar-refractivity contribution in [3.8, 4) is 0 Å². The third kappa shape index (κ3) is 3.66. The smallest absolute Gasteiger partial charge is 0.0411 e. The third-order valence-electron chi connectivity index (χ3n) is 2.99. The molecule has 1 aliphatic rings. The number of piperidine rings is 1. The molecular formula is C14H18ClN. The van der Waals surface area contributed by atoms with Crippen molar-refractivity contribution >= 4 is 17.7 Å². The fourth-order valence-electron chi connectivity index (χ4n) is 2.10. The molecule has 0 spiro atoms. The Morgan fingerprint density at radius 2 is 2.31 bits per heavy atom. The normalized spacial score (nSPS) is 21.4. The molecule has 1 heterocycles. The van der Waals surface area contributed by atoms with Crippen LogP contribution in [-0.4, -0.2) is 12.6 Å². The molecule has 0 radical (unpaired) electrons. The second-order valence-electron chi connectivity index (χ2n) is 4.34. The molecule has 0 saturated carbocycles. The predicted molar refractivity (Wildman–Crippen MR) is 70.7 cm³/mol. The molecule has 0 aromatic heterocycles. The Kier molecular flexibility index (Phi) is 4.44. The Labute approximate surface area is 103 Å². The van der Waals surface area contributed by atoms with Crippen LogP contribution in [-0.2, 0) is 0 Å². The quantitative estimate of drug-likeness (QED) is 0.838. The highest BCUT2D eigenvalue weighted by molar-refractivity contribution is 6.30. The lowest BCUT2D eigenvalue weighted by Crippen LogP contribution is -2.33. The summed E-state index contributed by atoms with van der Waals surface area (Å²) in [6.45, 7) is 1.18. The zero-order chi connectivity index (χ0) is 11.2. The van der Waals surface area contributed by atoms with E-state index in [1.54, 1.807) is 0 Å². The first-order valence-corrected chi connectivity index (χ1v) is 6.38. The van der Waals surface area contributed by atoms with Gasteiger partial charge < -0.3 is 5.32 Å². The van der Waals surface area contributed by atoms with Crippen LogP contribution in [0.3, 0.4) is 0 Å². The maximum Gasteiger partial charge on any atom is 0.0411 e. The van der Waals surface area contributed by atoms with Crippen LogP contribution in [0.4, 0.5) is 0 Å². The fraction of sp³-hybridized carbons (Fsp3) is 0.429. The van der Waals surface area contributed by atoms with Crippen molar-refractivity contribution in [3.63, 3.8) is 0 Å². The van der Waals surface area contributed by atoms with E-state index in [1.807, 2.05) is 18.2 Å². The first-order valence-electron chi connectivity index (χ1n) is 6.00. The maximum absolute atomic E-state index is 5.93. The van der Waals surface area contributed by atoms with Gasteiger partial charge in [-0.3, -0.25) is 0 Å². The van der Waals surface area contributed by atoms with Gasteiger partial charge in [0.05, 0.1) is 0 Å². The molecule has 0 amide bonds. The summed E-state index contributed by atoms with van der Waals surface area (Å²) < 4.78 is 0. The number of nitrogens with one attached hydrogen (secondary N) is 1. The zero-order valence-electron chi connectivity index (χ0n) is 9.45. The van der Waals surface area contributed by atoms with Crippen LogP contribution in [0.1, 0.15) is 31.2 Å². The zero-order valence-corrected chi connectivity index (χ0v) is 10.2. The van der Waals surface area contributed by atoms with Crippen LogP contribution >= 0.6 is 11.6 Å². The molecular weight excluding hydrogens is 218 g/mol. The van der Waals surface area contributed by atoms with E-state index in [1.165, 1.54) is 31.4 Å². The van der Waals surface area contributed by atoms with Gasteiger partial charge in [0.15, 0.2) is 0 Å². The topological polar surface area (TPSA) is 12.0 Å². The van der Waals surface area contributed by atoms with E-state index in [0.717, 1.165) is 11.4 Å². The highest BCUT2D eigenvalue weighted by Gasteiger charge is 2.09. The molecule has 2 rings (SSSR count). The average Bonchev–Trinajstić information content (AvgIpc) is 2.30. The molecule has 86 valence electrons. The fourth-order valence-corrected chi connectivity index (χ4v) is 2.30. The van der Waals surface area contributed by atoms with Crippen molar-refractivity contribution in [2.24, 2.45) is 0 Å². The molecule has 1 aromatic rings. The van der Waals surface area contributed by atoms with E-state index in [0.29, 0.717) is 6.04 Å². The van der Waals surface area contributed by atoms with Gasteiger partial charge in [-0.15, -0.1) is 0 Å². The van der Waals surface area contributed by atoms with Gasteiger partial charge in [0.2, 0.25) is 0 Å². The Hall–Kier alpha value is -0.790. The largest absolute Gasteiger partial charge is 0.314 e. The highest BCUT2D eigenvalue weighted by atomic mass is 35.5. The highest BCUT2D eigenvalue weighted by Crippen LogP contribution is 2.14. The Morgan fingerprint density at radius 3 is 3.06 bits per heavy atom. The molecule has 1 N–H and O–H groups in total. The molecule has 1 unspecified atom stereocenters. The van der Waals surface area contributed by atoms with E-state index in [2.05, 4.69) is 23.5 Å². The first kappa shape index (κ1) is 11.7. The number of rotatable bonds is 3. The van der Waals surface area contributed by atoms with Crippen molar-refractivity contribution in [3.05, 3.63) is 40.9 Å². The van der Waals surface area contributed by atoms with Crippen molar-refractivity contribution in [2.75, 3.05) is 6.54 Å². The third-order valence-corrected chi connectivity index (χ3v) is 3.23. The van der Waals surface area contributed by atoms with Crippen molar-refractivity contribution in [1.29, 1.82) is 0 Å². The molecule has 0 bridgehead atoms. The van der Waals surface area contributed by atoms with Crippen molar-refractivity contribution < 1.29 is 0 Å². The summed E-state index contributed by atoms with van der Waals surface area (Å²) in [7, 11) is 0.